The summed E-state index contributed by atoms with van der Waals surface area (Å²) in [5.41, 5.74) is -0.0936. The number of halogens is 1. The maximum atomic E-state index is 10.9. The molecule has 0 amide bonds. The van der Waals surface area contributed by atoms with E-state index in [1.807, 2.05) is 0 Å². The summed E-state index contributed by atoms with van der Waals surface area (Å²) in [7, 11) is 0. The van der Waals surface area contributed by atoms with Crippen molar-refractivity contribution in [3.63, 3.8) is 0 Å². The molecule has 1 N–H and O–H groups in total. The lowest BCUT2D eigenvalue weighted by Gasteiger charge is -2.26. The minimum atomic E-state index is -0.483. The van der Waals surface area contributed by atoms with Gasteiger partial charge in [-0.05, 0) is 13.0 Å². The summed E-state index contributed by atoms with van der Waals surface area (Å²) in [6.07, 6.45) is 2.29. The highest BCUT2D eigenvalue weighted by Crippen LogP contribution is 2.24. The van der Waals surface area contributed by atoms with E-state index in [1.54, 1.807) is 0 Å². The molecule has 1 aliphatic rings. The standard InChI is InChI=1S/C12H17ClN4O3/c13-10-8-11(17(18)19)12(15-9-10)14-2-1-3-16-4-6-20-7-5-16/h8-9H,1-7H2,(H,14,15). The van der Waals surface area contributed by atoms with E-state index in [0.717, 1.165) is 39.3 Å². The highest BCUT2D eigenvalue weighted by atomic mass is 35.5. The molecule has 1 aromatic rings. The third-order valence-corrected chi connectivity index (χ3v) is 3.28. The number of aromatic nitrogens is 1. The van der Waals surface area contributed by atoms with Crippen LogP contribution in [0.15, 0.2) is 12.3 Å². The van der Waals surface area contributed by atoms with Gasteiger partial charge in [-0.1, -0.05) is 11.6 Å². The van der Waals surface area contributed by atoms with Gasteiger partial charge in [0.2, 0.25) is 5.82 Å². The Balaban J connectivity index is 1.80. The Morgan fingerprint density at radius 2 is 2.25 bits per heavy atom. The van der Waals surface area contributed by atoms with Gasteiger partial charge in [0, 0.05) is 31.9 Å². The third kappa shape index (κ3) is 4.29. The predicted octanol–water partition coefficient (Wildman–Crippen LogP) is 1.78. The molecule has 0 saturated carbocycles. The molecule has 1 aromatic heterocycles. The van der Waals surface area contributed by atoms with Gasteiger partial charge in [-0.15, -0.1) is 0 Å². The van der Waals surface area contributed by atoms with Crippen LogP contribution < -0.4 is 5.32 Å². The van der Waals surface area contributed by atoms with Gasteiger partial charge >= 0.3 is 5.69 Å². The number of rotatable bonds is 6. The number of hydrogen-bond donors (Lipinski definition) is 1. The van der Waals surface area contributed by atoms with Crippen LogP contribution in [0.2, 0.25) is 5.02 Å². The first-order valence-corrected chi connectivity index (χ1v) is 6.88. The molecule has 2 heterocycles. The number of ether oxygens (including phenoxy) is 1. The lowest BCUT2D eigenvalue weighted by Crippen LogP contribution is -2.37. The van der Waals surface area contributed by atoms with E-state index in [2.05, 4.69) is 15.2 Å². The summed E-state index contributed by atoms with van der Waals surface area (Å²) >= 11 is 5.71. The molecule has 2 rings (SSSR count). The summed E-state index contributed by atoms with van der Waals surface area (Å²) in [6.45, 7) is 5.01. The van der Waals surface area contributed by atoms with Crippen molar-refractivity contribution < 1.29 is 9.66 Å². The third-order valence-electron chi connectivity index (χ3n) is 3.08. The van der Waals surface area contributed by atoms with Crippen LogP contribution in [0.4, 0.5) is 11.5 Å². The van der Waals surface area contributed by atoms with Crippen LogP contribution in [0.25, 0.3) is 0 Å². The Bertz CT molecular complexity index is 466. The lowest BCUT2D eigenvalue weighted by atomic mass is 10.3. The van der Waals surface area contributed by atoms with E-state index in [0.29, 0.717) is 6.54 Å². The van der Waals surface area contributed by atoms with Crippen molar-refractivity contribution in [2.24, 2.45) is 0 Å². The number of nitro groups is 1. The van der Waals surface area contributed by atoms with Crippen LogP contribution in [0.3, 0.4) is 0 Å². The van der Waals surface area contributed by atoms with Crippen molar-refractivity contribution in [3.05, 3.63) is 27.4 Å². The largest absolute Gasteiger partial charge is 0.379 e. The second-order valence-corrected chi connectivity index (χ2v) is 4.95. The van der Waals surface area contributed by atoms with Crippen molar-refractivity contribution in [2.45, 2.75) is 6.42 Å². The number of morpholine rings is 1. The van der Waals surface area contributed by atoms with Gasteiger partial charge in [0.15, 0.2) is 0 Å². The number of nitrogens with zero attached hydrogens (tertiary/aromatic N) is 3. The fourth-order valence-electron chi connectivity index (χ4n) is 2.04. The van der Waals surface area contributed by atoms with Crippen LogP contribution >= 0.6 is 11.6 Å². The van der Waals surface area contributed by atoms with E-state index in [1.165, 1.54) is 12.3 Å². The quantitative estimate of drug-likeness (QED) is 0.490. The molecule has 1 fully saturated rings. The van der Waals surface area contributed by atoms with Crippen molar-refractivity contribution in [1.82, 2.24) is 9.88 Å². The van der Waals surface area contributed by atoms with Gasteiger partial charge in [0.05, 0.1) is 23.2 Å². The fourth-order valence-corrected chi connectivity index (χ4v) is 2.19. The van der Waals surface area contributed by atoms with Crippen LogP contribution in [0.5, 0.6) is 0 Å². The zero-order valence-electron chi connectivity index (χ0n) is 11.0. The molecular weight excluding hydrogens is 284 g/mol. The average molecular weight is 301 g/mol. The summed E-state index contributed by atoms with van der Waals surface area (Å²) in [5, 5.41) is 14.2. The molecule has 20 heavy (non-hydrogen) atoms. The lowest BCUT2D eigenvalue weighted by molar-refractivity contribution is -0.384. The molecule has 0 aromatic carbocycles. The van der Waals surface area contributed by atoms with E-state index >= 15 is 0 Å². The van der Waals surface area contributed by atoms with E-state index < -0.39 is 4.92 Å². The monoisotopic (exact) mass is 300 g/mol. The summed E-state index contributed by atoms with van der Waals surface area (Å²) in [6, 6.07) is 1.30. The molecule has 1 aliphatic heterocycles. The average Bonchev–Trinajstić information content (AvgIpc) is 2.45. The zero-order chi connectivity index (χ0) is 14.4. The first-order chi connectivity index (χ1) is 9.66. The van der Waals surface area contributed by atoms with Gasteiger partial charge in [0.25, 0.3) is 0 Å². The summed E-state index contributed by atoms with van der Waals surface area (Å²) in [5.74, 6) is 0.265. The van der Waals surface area contributed by atoms with Crippen molar-refractivity contribution in [3.8, 4) is 0 Å². The first kappa shape index (κ1) is 15.0. The molecule has 0 bridgehead atoms. The smallest absolute Gasteiger partial charge is 0.312 e. The van der Waals surface area contributed by atoms with Gasteiger partial charge in [-0.3, -0.25) is 15.0 Å². The Morgan fingerprint density at radius 3 is 2.95 bits per heavy atom. The first-order valence-electron chi connectivity index (χ1n) is 6.51. The summed E-state index contributed by atoms with van der Waals surface area (Å²) < 4.78 is 5.27. The van der Waals surface area contributed by atoms with Crippen molar-refractivity contribution in [2.75, 3.05) is 44.7 Å². The van der Waals surface area contributed by atoms with Crippen LogP contribution in [-0.4, -0.2) is 54.2 Å². The number of nitrogens with one attached hydrogen (secondary N) is 1. The second-order valence-electron chi connectivity index (χ2n) is 4.51. The van der Waals surface area contributed by atoms with Gasteiger partial charge in [0.1, 0.15) is 0 Å². The highest BCUT2D eigenvalue weighted by Gasteiger charge is 2.15. The molecule has 0 aliphatic carbocycles. The van der Waals surface area contributed by atoms with E-state index in [4.69, 9.17) is 16.3 Å². The maximum absolute atomic E-state index is 10.9. The number of anilines is 1. The van der Waals surface area contributed by atoms with E-state index in [-0.39, 0.29) is 16.5 Å². The fraction of sp³-hybridized carbons (Fsp3) is 0.583. The molecule has 0 spiro atoms. The Labute approximate surface area is 122 Å². The molecule has 1 saturated heterocycles. The van der Waals surface area contributed by atoms with Crippen LogP contribution in [0.1, 0.15) is 6.42 Å². The normalized spacial score (nSPS) is 16.1. The molecular formula is C12H17ClN4O3. The van der Waals surface area contributed by atoms with E-state index in [9.17, 15) is 10.1 Å². The van der Waals surface area contributed by atoms with Gasteiger partial charge in [-0.25, -0.2) is 4.98 Å². The molecule has 7 nitrogen and oxygen atoms in total. The van der Waals surface area contributed by atoms with Crippen LogP contribution in [0, 0.1) is 10.1 Å². The molecule has 110 valence electrons. The number of hydrogen-bond acceptors (Lipinski definition) is 6. The summed E-state index contributed by atoms with van der Waals surface area (Å²) in [4.78, 5) is 16.7. The second kappa shape index (κ2) is 7.37. The van der Waals surface area contributed by atoms with Crippen molar-refractivity contribution >= 4 is 23.1 Å². The van der Waals surface area contributed by atoms with Gasteiger partial charge < -0.3 is 10.1 Å². The highest BCUT2D eigenvalue weighted by molar-refractivity contribution is 6.30. The maximum Gasteiger partial charge on any atom is 0.312 e. The number of pyridine rings is 1. The minimum absolute atomic E-state index is 0.0936. The topological polar surface area (TPSA) is 80.5 Å². The molecule has 0 atom stereocenters. The molecule has 8 heteroatoms. The van der Waals surface area contributed by atoms with Crippen molar-refractivity contribution in [1.29, 1.82) is 0 Å². The predicted molar refractivity (Wildman–Crippen MR) is 76.3 cm³/mol. The Hall–Kier alpha value is -1.44. The Morgan fingerprint density at radius 1 is 1.50 bits per heavy atom. The SMILES string of the molecule is O=[N+]([O-])c1cc(Cl)cnc1NCCCN1CCOCC1. The zero-order valence-corrected chi connectivity index (χ0v) is 11.8. The minimum Gasteiger partial charge on any atom is -0.379 e. The van der Waals surface area contributed by atoms with Crippen LogP contribution in [-0.2, 0) is 4.74 Å². The molecule has 0 radical (unpaired) electrons. The molecule has 0 unspecified atom stereocenters. The van der Waals surface area contributed by atoms with Gasteiger partial charge in [-0.2, -0.15) is 0 Å². The Kier molecular flexibility index (Phi) is 5.51.